The zero-order valence-electron chi connectivity index (χ0n) is 14.8. The lowest BCUT2D eigenvalue weighted by Gasteiger charge is -2.13. The Morgan fingerprint density at radius 3 is 2.65 bits per heavy atom. The van der Waals surface area contributed by atoms with Crippen LogP contribution in [-0.4, -0.2) is 28.8 Å². The number of methoxy groups -OCH3 is 2. The lowest BCUT2D eigenvalue weighted by molar-refractivity contribution is 0.390. The standard InChI is InChI=1S/C20H18ClN3O2/c1-12-23-18-10-22-17-7-5-14(21)8-16(17)20(18)24(12)11-13-4-6-15(25-2)9-19(13)26-3/h4-10H,11H2,1-3H3. The van der Waals surface area contributed by atoms with Crippen LogP contribution in [0.15, 0.2) is 42.6 Å². The van der Waals surface area contributed by atoms with E-state index in [0.717, 1.165) is 44.8 Å². The molecule has 0 aliphatic carbocycles. The Hall–Kier alpha value is -2.79. The number of halogens is 1. The Morgan fingerprint density at radius 2 is 1.88 bits per heavy atom. The van der Waals surface area contributed by atoms with Gasteiger partial charge in [-0.3, -0.25) is 4.98 Å². The molecule has 4 aromatic rings. The van der Waals surface area contributed by atoms with E-state index >= 15 is 0 Å². The summed E-state index contributed by atoms with van der Waals surface area (Å²) in [6.45, 7) is 2.62. The highest BCUT2D eigenvalue weighted by Crippen LogP contribution is 2.30. The number of hydrogen-bond donors (Lipinski definition) is 0. The molecule has 132 valence electrons. The highest BCUT2D eigenvalue weighted by molar-refractivity contribution is 6.31. The zero-order chi connectivity index (χ0) is 18.3. The summed E-state index contributed by atoms with van der Waals surface area (Å²) in [6.07, 6.45) is 1.81. The first-order chi connectivity index (χ1) is 12.6. The molecule has 2 aromatic carbocycles. The summed E-state index contributed by atoms with van der Waals surface area (Å²) >= 11 is 6.23. The minimum Gasteiger partial charge on any atom is -0.497 e. The van der Waals surface area contributed by atoms with Crippen LogP contribution in [0.1, 0.15) is 11.4 Å². The van der Waals surface area contributed by atoms with Gasteiger partial charge in [0.15, 0.2) is 0 Å². The number of rotatable bonds is 4. The maximum absolute atomic E-state index is 6.23. The number of fused-ring (bicyclic) bond motifs is 3. The number of hydrogen-bond acceptors (Lipinski definition) is 4. The van der Waals surface area contributed by atoms with Crippen molar-refractivity contribution >= 4 is 33.5 Å². The van der Waals surface area contributed by atoms with Gasteiger partial charge in [0.1, 0.15) is 22.8 Å². The van der Waals surface area contributed by atoms with Gasteiger partial charge < -0.3 is 14.0 Å². The second-order valence-corrected chi connectivity index (χ2v) is 6.51. The molecule has 0 radical (unpaired) electrons. The van der Waals surface area contributed by atoms with Crippen molar-refractivity contribution in [1.82, 2.24) is 14.5 Å². The normalized spacial score (nSPS) is 11.2. The molecule has 0 aliphatic rings. The number of aryl methyl sites for hydroxylation is 1. The summed E-state index contributed by atoms with van der Waals surface area (Å²) in [5.74, 6) is 2.45. The molecule has 5 nitrogen and oxygen atoms in total. The third kappa shape index (κ3) is 2.74. The fourth-order valence-corrected chi connectivity index (χ4v) is 3.42. The maximum atomic E-state index is 6.23. The lowest BCUT2D eigenvalue weighted by atomic mass is 10.1. The molecule has 0 aliphatic heterocycles. The number of imidazole rings is 1. The van der Waals surface area contributed by atoms with Crippen molar-refractivity contribution < 1.29 is 9.47 Å². The molecular formula is C20H18ClN3O2. The topological polar surface area (TPSA) is 49.2 Å². The van der Waals surface area contributed by atoms with Crippen molar-refractivity contribution in [3.8, 4) is 11.5 Å². The van der Waals surface area contributed by atoms with Crippen molar-refractivity contribution in [3.63, 3.8) is 0 Å². The fourth-order valence-electron chi connectivity index (χ4n) is 3.25. The molecule has 0 saturated heterocycles. The van der Waals surface area contributed by atoms with E-state index in [0.29, 0.717) is 11.6 Å². The Bertz CT molecular complexity index is 1120. The van der Waals surface area contributed by atoms with Gasteiger partial charge in [-0.2, -0.15) is 0 Å². The third-order valence-electron chi connectivity index (χ3n) is 4.55. The van der Waals surface area contributed by atoms with Crippen LogP contribution >= 0.6 is 11.6 Å². The third-order valence-corrected chi connectivity index (χ3v) is 4.78. The van der Waals surface area contributed by atoms with E-state index in [4.69, 9.17) is 21.1 Å². The smallest absolute Gasteiger partial charge is 0.127 e. The summed E-state index contributed by atoms with van der Waals surface area (Å²) in [4.78, 5) is 9.16. The van der Waals surface area contributed by atoms with Gasteiger partial charge >= 0.3 is 0 Å². The molecule has 6 heteroatoms. The molecule has 2 aromatic heterocycles. The van der Waals surface area contributed by atoms with E-state index in [9.17, 15) is 0 Å². The number of ether oxygens (including phenoxy) is 2. The van der Waals surface area contributed by atoms with E-state index < -0.39 is 0 Å². The Kier molecular flexibility index (Phi) is 4.17. The first-order valence-corrected chi connectivity index (χ1v) is 8.60. The molecule has 0 bridgehead atoms. The number of nitrogens with zero attached hydrogens (tertiary/aromatic N) is 3. The molecule has 0 N–H and O–H groups in total. The van der Waals surface area contributed by atoms with Gasteiger partial charge in [0.05, 0.1) is 38.0 Å². The maximum Gasteiger partial charge on any atom is 0.127 e. The highest BCUT2D eigenvalue weighted by Gasteiger charge is 2.14. The van der Waals surface area contributed by atoms with Crippen LogP contribution in [0.3, 0.4) is 0 Å². The van der Waals surface area contributed by atoms with Crippen LogP contribution in [0.25, 0.3) is 21.9 Å². The van der Waals surface area contributed by atoms with E-state index in [-0.39, 0.29) is 0 Å². The molecule has 0 unspecified atom stereocenters. The lowest BCUT2D eigenvalue weighted by Crippen LogP contribution is -2.04. The summed E-state index contributed by atoms with van der Waals surface area (Å²) < 4.78 is 13.0. The molecule has 0 fully saturated rings. The van der Waals surface area contributed by atoms with E-state index in [2.05, 4.69) is 14.5 Å². The van der Waals surface area contributed by atoms with Gasteiger partial charge in [0.2, 0.25) is 0 Å². The predicted octanol–water partition coefficient (Wildman–Crippen LogP) is 4.61. The Balaban J connectivity index is 1.92. The van der Waals surface area contributed by atoms with Crippen LogP contribution in [0, 0.1) is 6.92 Å². The number of benzene rings is 2. The highest BCUT2D eigenvalue weighted by atomic mass is 35.5. The number of aromatic nitrogens is 3. The molecule has 26 heavy (non-hydrogen) atoms. The van der Waals surface area contributed by atoms with E-state index in [1.54, 1.807) is 20.4 Å². The van der Waals surface area contributed by atoms with Crippen molar-refractivity contribution in [3.05, 3.63) is 59.0 Å². The van der Waals surface area contributed by atoms with Crippen LogP contribution in [0.2, 0.25) is 5.02 Å². The molecule has 0 saturated carbocycles. The van der Waals surface area contributed by atoms with Crippen LogP contribution < -0.4 is 9.47 Å². The van der Waals surface area contributed by atoms with Crippen LogP contribution in [0.5, 0.6) is 11.5 Å². The van der Waals surface area contributed by atoms with Gasteiger partial charge in [-0.05, 0) is 37.3 Å². The largest absolute Gasteiger partial charge is 0.497 e. The van der Waals surface area contributed by atoms with Gasteiger partial charge in [-0.1, -0.05) is 11.6 Å². The first-order valence-electron chi connectivity index (χ1n) is 8.22. The van der Waals surface area contributed by atoms with Gasteiger partial charge in [0.25, 0.3) is 0 Å². The summed E-state index contributed by atoms with van der Waals surface area (Å²) in [7, 11) is 3.31. The summed E-state index contributed by atoms with van der Waals surface area (Å²) in [6, 6.07) is 11.6. The predicted molar refractivity (Wildman–Crippen MR) is 103 cm³/mol. The SMILES string of the molecule is COc1ccc(Cn2c(C)nc3cnc4ccc(Cl)cc4c32)c(OC)c1. The summed E-state index contributed by atoms with van der Waals surface area (Å²) in [5.41, 5.74) is 3.81. The average molecular weight is 368 g/mol. The second-order valence-electron chi connectivity index (χ2n) is 6.08. The summed E-state index contributed by atoms with van der Waals surface area (Å²) in [5, 5.41) is 1.67. The molecule has 0 spiro atoms. The average Bonchev–Trinajstić information content (AvgIpc) is 2.97. The Labute approximate surface area is 156 Å². The zero-order valence-corrected chi connectivity index (χ0v) is 15.5. The Morgan fingerprint density at radius 1 is 1.04 bits per heavy atom. The van der Waals surface area contributed by atoms with Gasteiger partial charge in [0, 0.05) is 22.0 Å². The van der Waals surface area contributed by atoms with E-state index in [1.165, 1.54) is 0 Å². The minimum atomic E-state index is 0.626. The monoisotopic (exact) mass is 367 g/mol. The van der Waals surface area contributed by atoms with Gasteiger partial charge in [-0.25, -0.2) is 4.98 Å². The quantitative estimate of drug-likeness (QED) is 0.528. The van der Waals surface area contributed by atoms with Crippen molar-refractivity contribution in [2.75, 3.05) is 14.2 Å². The number of pyridine rings is 1. The van der Waals surface area contributed by atoms with Crippen molar-refractivity contribution in [1.29, 1.82) is 0 Å². The van der Waals surface area contributed by atoms with Crippen LogP contribution in [0.4, 0.5) is 0 Å². The molecule has 0 atom stereocenters. The molecule has 4 rings (SSSR count). The molecule has 2 heterocycles. The van der Waals surface area contributed by atoms with Crippen molar-refractivity contribution in [2.45, 2.75) is 13.5 Å². The van der Waals surface area contributed by atoms with Gasteiger partial charge in [-0.15, -0.1) is 0 Å². The van der Waals surface area contributed by atoms with E-state index in [1.807, 2.05) is 43.3 Å². The first kappa shape index (κ1) is 16.7. The second kappa shape index (κ2) is 6.50. The molecular weight excluding hydrogens is 350 g/mol. The minimum absolute atomic E-state index is 0.626. The van der Waals surface area contributed by atoms with Crippen molar-refractivity contribution in [2.24, 2.45) is 0 Å². The molecule has 0 amide bonds. The fraction of sp³-hybridized carbons (Fsp3) is 0.200. The van der Waals surface area contributed by atoms with Crippen LogP contribution in [-0.2, 0) is 6.54 Å².